The maximum absolute atomic E-state index is 13.4. The summed E-state index contributed by atoms with van der Waals surface area (Å²) in [5.74, 6) is 0.838. The van der Waals surface area contributed by atoms with E-state index in [1.165, 1.54) is 19.1 Å². The molecule has 164 valence electrons. The first kappa shape index (κ1) is 21.5. The van der Waals surface area contributed by atoms with Crippen LogP contribution in [0.1, 0.15) is 30.7 Å². The Bertz CT molecular complexity index is 1210. The summed E-state index contributed by atoms with van der Waals surface area (Å²) in [6.45, 7) is 5.79. The number of halogens is 1. The lowest BCUT2D eigenvalue weighted by molar-refractivity contribution is -0.128. The molecule has 0 spiro atoms. The molecule has 0 aliphatic carbocycles. The van der Waals surface area contributed by atoms with Crippen molar-refractivity contribution in [2.24, 2.45) is 4.99 Å². The third-order valence-electron chi connectivity index (χ3n) is 5.67. The lowest BCUT2D eigenvalue weighted by Crippen LogP contribution is -2.46. The quantitative estimate of drug-likeness (QED) is 0.596. The minimum atomic E-state index is -0.667. The van der Waals surface area contributed by atoms with Crippen molar-refractivity contribution in [3.05, 3.63) is 83.7 Å². The number of nitrogens with zero attached hydrogens (tertiary/aromatic N) is 4. The molecule has 1 aromatic heterocycles. The van der Waals surface area contributed by atoms with E-state index in [-0.39, 0.29) is 11.7 Å². The van der Waals surface area contributed by atoms with Gasteiger partial charge in [0.2, 0.25) is 5.91 Å². The number of carbonyl (C=O) groups excluding carboxylic acids is 1. The number of hydrogen-bond acceptors (Lipinski definition) is 4. The van der Waals surface area contributed by atoms with Crippen molar-refractivity contribution in [1.82, 2.24) is 14.5 Å². The standard InChI is InChI=1S/C25H25FN4O2/c1-17-14-29(16-28-17)22-11-5-19(13-23(22)32-4)6-12-24-27-15-25(3,30(24)18(2)31)20-7-9-21(26)10-8-20/h5-14,16H,15H2,1-4H3. The molecule has 0 saturated heterocycles. The van der Waals surface area contributed by atoms with Gasteiger partial charge in [-0.15, -0.1) is 0 Å². The van der Waals surface area contributed by atoms with Crippen molar-refractivity contribution < 1.29 is 13.9 Å². The van der Waals surface area contributed by atoms with Gasteiger partial charge in [-0.3, -0.25) is 14.7 Å². The van der Waals surface area contributed by atoms with Crippen LogP contribution in [0, 0.1) is 12.7 Å². The van der Waals surface area contributed by atoms with Gasteiger partial charge in [0.05, 0.1) is 36.9 Å². The number of rotatable bonds is 5. The van der Waals surface area contributed by atoms with E-state index < -0.39 is 5.54 Å². The maximum Gasteiger partial charge on any atom is 0.225 e. The van der Waals surface area contributed by atoms with Gasteiger partial charge in [-0.25, -0.2) is 9.37 Å². The lowest BCUT2D eigenvalue weighted by atomic mass is 9.91. The number of carbonyl (C=O) groups is 1. The van der Waals surface area contributed by atoms with Crippen molar-refractivity contribution in [2.45, 2.75) is 26.3 Å². The van der Waals surface area contributed by atoms with Crippen LogP contribution >= 0.6 is 0 Å². The first-order valence-corrected chi connectivity index (χ1v) is 10.3. The molecule has 1 amide bonds. The van der Waals surface area contributed by atoms with Crippen LogP contribution in [0.4, 0.5) is 4.39 Å². The summed E-state index contributed by atoms with van der Waals surface area (Å²) < 4.78 is 20.9. The number of ether oxygens (including phenoxy) is 1. The number of amidine groups is 1. The Morgan fingerprint density at radius 2 is 1.94 bits per heavy atom. The van der Waals surface area contributed by atoms with Gasteiger partial charge in [0, 0.05) is 13.1 Å². The molecule has 7 heteroatoms. The number of amides is 1. The largest absolute Gasteiger partial charge is 0.495 e. The molecule has 4 rings (SSSR count). The number of benzene rings is 2. The highest BCUT2D eigenvalue weighted by molar-refractivity contribution is 6.07. The van der Waals surface area contributed by atoms with Crippen molar-refractivity contribution in [1.29, 1.82) is 0 Å². The molecule has 2 heterocycles. The van der Waals surface area contributed by atoms with Crippen LogP contribution in [0.25, 0.3) is 11.8 Å². The monoisotopic (exact) mass is 432 g/mol. The van der Waals surface area contributed by atoms with E-state index in [4.69, 9.17) is 4.74 Å². The van der Waals surface area contributed by atoms with Crippen LogP contribution < -0.4 is 4.74 Å². The smallest absolute Gasteiger partial charge is 0.225 e. The summed E-state index contributed by atoms with van der Waals surface area (Å²) in [5, 5.41) is 0. The van der Waals surface area contributed by atoms with Gasteiger partial charge in [-0.1, -0.05) is 24.3 Å². The zero-order chi connectivity index (χ0) is 22.9. The fourth-order valence-corrected chi connectivity index (χ4v) is 4.03. The van der Waals surface area contributed by atoms with Gasteiger partial charge < -0.3 is 9.30 Å². The normalized spacial score (nSPS) is 18.3. The lowest BCUT2D eigenvalue weighted by Gasteiger charge is -2.34. The Hall–Kier alpha value is -3.74. The van der Waals surface area contributed by atoms with E-state index in [9.17, 15) is 9.18 Å². The zero-order valence-electron chi connectivity index (χ0n) is 18.5. The van der Waals surface area contributed by atoms with Crippen molar-refractivity contribution in [2.75, 3.05) is 13.7 Å². The summed E-state index contributed by atoms with van der Waals surface area (Å²) in [5.41, 5.74) is 2.88. The first-order valence-electron chi connectivity index (χ1n) is 10.3. The van der Waals surface area contributed by atoms with Crippen molar-refractivity contribution in [3.8, 4) is 11.4 Å². The predicted octanol–water partition coefficient (Wildman–Crippen LogP) is 4.52. The number of methoxy groups -OCH3 is 1. The summed E-state index contributed by atoms with van der Waals surface area (Å²) in [4.78, 5) is 23.1. The van der Waals surface area contributed by atoms with Crippen molar-refractivity contribution >= 4 is 17.8 Å². The number of imidazole rings is 1. The van der Waals surface area contributed by atoms with Crippen LogP contribution in [0.3, 0.4) is 0 Å². The van der Waals surface area contributed by atoms with Gasteiger partial charge in [-0.2, -0.15) is 0 Å². The molecule has 1 aliphatic rings. The van der Waals surface area contributed by atoms with E-state index in [1.807, 2.05) is 55.0 Å². The Morgan fingerprint density at radius 1 is 1.19 bits per heavy atom. The van der Waals surface area contributed by atoms with Gasteiger partial charge in [0.15, 0.2) is 0 Å². The van der Waals surface area contributed by atoms with E-state index in [0.29, 0.717) is 18.1 Å². The maximum atomic E-state index is 13.4. The Morgan fingerprint density at radius 3 is 2.56 bits per heavy atom. The molecule has 6 nitrogen and oxygen atoms in total. The Labute approximate surface area is 186 Å². The number of aliphatic imine (C=N–C) groups is 1. The van der Waals surface area contributed by atoms with E-state index in [1.54, 1.807) is 30.5 Å². The second kappa shape index (κ2) is 8.42. The minimum Gasteiger partial charge on any atom is -0.495 e. The SMILES string of the molecule is COc1cc(C=CC2=NCC(C)(c3ccc(F)cc3)N2C(C)=O)ccc1-n1cnc(C)c1. The average molecular weight is 432 g/mol. The average Bonchev–Trinajstić information content (AvgIpc) is 3.36. The molecule has 3 aromatic rings. The van der Waals surface area contributed by atoms with Gasteiger partial charge in [0.25, 0.3) is 0 Å². The van der Waals surface area contributed by atoms with Crippen LogP contribution in [0.2, 0.25) is 0 Å². The minimum absolute atomic E-state index is 0.124. The van der Waals surface area contributed by atoms with E-state index in [0.717, 1.165) is 22.5 Å². The summed E-state index contributed by atoms with van der Waals surface area (Å²) in [7, 11) is 1.63. The molecule has 0 N–H and O–H groups in total. The fourth-order valence-electron chi connectivity index (χ4n) is 4.03. The van der Waals surface area contributed by atoms with Crippen molar-refractivity contribution in [3.63, 3.8) is 0 Å². The molecule has 1 atom stereocenters. The van der Waals surface area contributed by atoms with Crippen LogP contribution in [-0.4, -0.2) is 39.8 Å². The van der Waals surface area contributed by atoms with Crippen LogP contribution in [-0.2, 0) is 10.3 Å². The molecule has 0 radical (unpaired) electrons. The van der Waals surface area contributed by atoms with Crippen LogP contribution in [0.5, 0.6) is 5.75 Å². The number of hydrogen-bond donors (Lipinski definition) is 0. The highest BCUT2D eigenvalue weighted by atomic mass is 19.1. The third-order valence-corrected chi connectivity index (χ3v) is 5.67. The second-order valence-electron chi connectivity index (χ2n) is 8.00. The fraction of sp³-hybridized carbons (Fsp3) is 0.240. The highest BCUT2D eigenvalue weighted by Crippen LogP contribution is 2.34. The molecule has 1 aliphatic heterocycles. The predicted molar refractivity (Wildman–Crippen MR) is 122 cm³/mol. The van der Waals surface area contributed by atoms with E-state index in [2.05, 4.69) is 9.98 Å². The van der Waals surface area contributed by atoms with E-state index >= 15 is 0 Å². The van der Waals surface area contributed by atoms with Crippen LogP contribution in [0.15, 0.2) is 66.1 Å². The molecular formula is C25H25FN4O2. The molecule has 32 heavy (non-hydrogen) atoms. The van der Waals surface area contributed by atoms with Gasteiger partial charge >= 0.3 is 0 Å². The summed E-state index contributed by atoms with van der Waals surface area (Å²) in [6.07, 6.45) is 7.40. The molecule has 1 unspecified atom stereocenters. The number of aromatic nitrogens is 2. The Balaban J connectivity index is 1.61. The summed E-state index contributed by atoms with van der Waals surface area (Å²) >= 11 is 0. The third kappa shape index (κ3) is 3.93. The second-order valence-corrected chi connectivity index (χ2v) is 8.00. The van der Waals surface area contributed by atoms with Gasteiger partial charge in [-0.05, 0) is 55.3 Å². The summed E-state index contributed by atoms with van der Waals surface area (Å²) in [6, 6.07) is 12.1. The molecule has 0 bridgehead atoms. The topological polar surface area (TPSA) is 59.7 Å². The molecular weight excluding hydrogens is 407 g/mol. The highest BCUT2D eigenvalue weighted by Gasteiger charge is 2.42. The zero-order valence-corrected chi connectivity index (χ0v) is 18.5. The molecule has 0 fully saturated rings. The molecule has 2 aromatic carbocycles. The Kier molecular flexibility index (Phi) is 5.65. The number of aryl methyl sites for hydroxylation is 1. The molecule has 0 saturated carbocycles. The first-order chi connectivity index (χ1) is 15.3. The van der Waals surface area contributed by atoms with Gasteiger partial charge in [0.1, 0.15) is 17.4 Å².